The Bertz CT molecular complexity index is 976. The molecule has 1 aromatic carbocycles. The molecule has 4 nitrogen and oxygen atoms in total. The van der Waals surface area contributed by atoms with Gasteiger partial charge in [0, 0.05) is 25.1 Å². The van der Waals surface area contributed by atoms with E-state index in [-0.39, 0.29) is 17.9 Å². The van der Waals surface area contributed by atoms with E-state index in [0.29, 0.717) is 0 Å². The summed E-state index contributed by atoms with van der Waals surface area (Å²) in [6.07, 6.45) is 7.02. The molecule has 1 amide bonds. The smallest absolute Gasteiger partial charge is 0.235 e. The summed E-state index contributed by atoms with van der Waals surface area (Å²) in [6, 6.07) is 4.47. The lowest BCUT2D eigenvalue weighted by Crippen LogP contribution is -2.60. The number of hydrogen-bond acceptors (Lipinski definition) is 2. The van der Waals surface area contributed by atoms with Crippen LogP contribution in [0.5, 0.6) is 5.75 Å². The summed E-state index contributed by atoms with van der Waals surface area (Å²) in [5.74, 6) is 0.956. The molecule has 0 N–H and O–H groups in total. The van der Waals surface area contributed by atoms with Crippen LogP contribution in [-0.2, 0) is 4.79 Å². The maximum Gasteiger partial charge on any atom is 0.235 e. The van der Waals surface area contributed by atoms with Crippen LogP contribution in [0.4, 0.5) is 0 Å². The number of methoxy groups -OCH3 is 1. The number of rotatable bonds is 8. The van der Waals surface area contributed by atoms with Gasteiger partial charge >= 0.3 is 0 Å². The molecular weight excluding hydrogens is 407 g/mol. The predicted octanol–water partition coefficient (Wildman–Crippen LogP) is 4.97. The Balaban J connectivity index is 2.27. The number of allylic oxidation sites excluding steroid dienone is 1. The number of fused-ring (bicyclic) bond motifs is 3. The van der Waals surface area contributed by atoms with Gasteiger partial charge in [-0.15, -0.1) is 5.47 Å². The molecule has 1 aromatic rings. The highest BCUT2D eigenvalue weighted by Crippen LogP contribution is 2.49. The molecule has 0 saturated heterocycles. The van der Waals surface area contributed by atoms with E-state index in [4.69, 9.17) is 12.6 Å². The Morgan fingerprint density at radius 2 is 2.00 bits per heavy atom. The third-order valence-corrected chi connectivity index (χ3v) is 7.60. The lowest BCUT2D eigenvalue weighted by molar-refractivity contribution is -0.922. The Labute approximate surface area is 202 Å². The molecule has 0 aromatic heterocycles. The Kier molecular flexibility index (Phi) is 7.94. The number of ether oxygens (including phenoxy) is 1. The van der Waals surface area contributed by atoms with Crippen LogP contribution < -0.4 is 4.74 Å². The maximum absolute atomic E-state index is 13.5. The van der Waals surface area contributed by atoms with Gasteiger partial charge < -0.3 is 14.1 Å². The first kappa shape index (κ1) is 25.4. The molecule has 0 bridgehead atoms. The first-order valence-corrected chi connectivity index (χ1v) is 12.4. The number of benzene rings is 1. The number of hydrogen-bond donors (Lipinski definition) is 0. The molecule has 1 aliphatic heterocycles. The molecule has 3 rings (SSSR count). The molecule has 5 heteroatoms. The molecule has 0 saturated carbocycles. The van der Waals surface area contributed by atoms with Crippen LogP contribution in [0, 0.1) is 12.8 Å². The van der Waals surface area contributed by atoms with Crippen LogP contribution in [0.25, 0.3) is 11.1 Å². The fraction of sp³-hybridized carbons (Fsp3) is 0.536. The van der Waals surface area contributed by atoms with Crippen LogP contribution in [0.2, 0.25) is 0 Å². The largest absolute Gasteiger partial charge is 0.496 e. The number of amides is 1. The second kappa shape index (κ2) is 10.3. The number of quaternary nitrogens is 1. The highest BCUT2D eigenvalue weighted by atomic mass is 16.5. The lowest BCUT2D eigenvalue weighted by atomic mass is 9.70. The summed E-state index contributed by atoms with van der Waals surface area (Å²) in [4.78, 5) is 15.4. The van der Waals surface area contributed by atoms with Crippen molar-refractivity contribution in [2.24, 2.45) is 5.92 Å². The summed E-state index contributed by atoms with van der Waals surface area (Å²) in [6.45, 7) is 15.5. The predicted molar refractivity (Wildman–Crippen MR) is 139 cm³/mol. The number of likely N-dealkylation sites (N-methyl/N-ethyl adjacent to an activating group) is 1. The van der Waals surface area contributed by atoms with E-state index in [1.165, 1.54) is 22.3 Å². The number of carbonyl (C=O) groups excluding carboxylic acids is 1. The summed E-state index contributed by atoms with van der Waals surface area (Å²) >= 11 is 0. The molecule has 0 fully saturated rings. The van der Waals surface area contributed by atoms with Gasteiger partial charge in [-0.25, -0.2) is 0 Å². The van der Waals surface area contributed by atoms with Gasteiger partial charge in [0.15, 0.2) is 0 Å². The first-order valence-electron chi connectivity index (χ1n) is 12.4. The third kappa shape index (κ3) is 4.57. The lowest BCUT2D eigenvalue weighted by Gasteiger charge is -2.49. The van der Waals surface area contributed by atoms with E-state index in [0.717, 1.165) is 66.7 Å². The van der Waals surface area contributed by atoms with E-state index in [2.05, 4.69) is 59.5 Å². The number of carbonyl (C=O) groups is 1. The van der Waals surface area contributed by atoms with Crippen LogP contribution in [0.3, 0.4) is 0 Å². The van der Waals surface area contributed by atoms with Crippen molar-refractivity contribution in [3.8, 4) is 5.75 Å². The van der Waals surface area contributed by atoms with Crippen LogP contribution in [0.15, 0.2) is 36.3 Å². The summed E-state index contributed by atoms with van der Waals surface area (Å²) in [5, 5.41) is 0. The minimum Gasteiger partial charge on any atom is -0.496 e. The van der Waals surface area contributed by atoms with E-state index < -0.39 is 0 Å². The zero-order valence-electron chi connectivity index (χ0n) is 21.4. The van der Waals surface area contributed by atoms with E-state index in [1.807, 2.05) is 11.0 Å². The van der Waals surface area contributed by atoms with E-state index in [9.17, 15) is 4.79 Å². The van der Waals surface area contributed by atoms with Crippen molar-refractivity contribution in [2.45, 2.75) is 53.0 Å². The van der Waals surface area contributed by atoms with Gasteiger partial charge in [-0.2, -0.15) is 0 Å². The third-order valence-electron chi connectivity index (χ3n) is 7.60. The molecule has 1 aliphatic carbocycles. The molecule has 3 atom stereocenters. The molecular formula is C28H40BN2O2+. The molecule has 1 heterocycles. The van der Waals surface area contributed by atoms with Gasteiger partial charge in [0.25, 0.3) is 0 Å². The molecule has 3 unspecified atom stereocenters. The van der Waals surface area contributed by atoms with Crippen molar-refractivity contribution in [2.75, 3.05) is 40.3 Å². The topological polar surface area (TPSA) is 29.5 Å². The standard InChI is InChI=1S/C28H40BN2O2/c1-8-12-24(29)23-17-25-22(21-13-14-26(33-7)19(5)27(21)23)16-20(18-31(25,6)15-9-2)28(32)30(10-3)11-4/h9,13-14,16,20,25H,2,8,10-12,15,17-18H2,1,3-7H3/q+1/b24-23+. The second-order valence-electron chi connectivity index (χ2n) is 9.66. The average molecular weight is 447 g/mol. The SMILES string of the molecule is [B]/C(CCC)=C1\CC2C(=CC(C(=O)N(CC)CC)C[N+]2(C)CC=C)c2ccc(OC)c(C)c21. The van der Waals surface area contributed by atoms with Crippen molar-refractivity contribution >= 4 is 24.9 Å². The van der Waals surface area contributed by atoms with Crippen LogP contribution in [0.1, 0.15) is 56.7 Å². The van der Waals surface area contributed by atoms with Crippen LogP contribution in [-0.4, -0.2) is 69.5 Å². The normalized spacial score (nSPS) is 25.5. The second-order valence-corrected chi connectivity index (χ2v) is 9.66. The molecule has 2 radical (unpaired) electrons. The van der Waals surface area contributed by atoms with Gasteiger partial charge in [0.1, 0.15) is 25.6 Å². The average Bonchev–Trinajstić information content (AvgIpc) is 2.79. The quantitative estimate of drug-likeness (QED) is 0.320. The molecule has 0 spiro atoms. The minimum atomic E-state index is -0.144. The maximum atomic E-state index is 13.5. The van der Waals surface area contributed by atoms with E-state index in [1.54, 1.807) is 7.11 Å². The zero-order valence-corrected chi connectivity index (χ0v) is 21.4. The van der Waals surface area contributed by atoms with Gasteiger partial charge in [0.2, 0.25) is 5.91 Å². The minimum absolute atomic E-state index is 0.144. The summed E-state index contributed by atoms with van der Waals surface area (Å²) < 4.78 is 6.44. The molecule has 2 aliphatic rings. The van der Waals surface area contributed by atoms with Crippen LogP contribution >= 0.6 is 0 Å². The summed E-state index contributed by atoms with van der Waals surface area (Å²) in [5.41, 5.74) is 7.00. The fourth-order valence-electron chi connectivity index (χ4n) is 5.86. The van der Waals surface area contributed by atoms with Gasteiger partial charge in [-0.3, -0.25) is 4.79 Å². The van der Waals surface area contributed by atoms with Gasteiger partial charge in [-0.1, -0.05) is 32.1 Å². The first-order chi connectivity index (χ1) is 15.8. The molecule has 33 heavy (non-hydrogen) atoms. The van der Waals surface area contributed by atoms with E-state index >= 15 is 0 Å². The highest BCUT2D eigenvalue weighted by Gasteiger charge is 2.47. The molecule has 176 valence electrons. The van der Waals surface area contributed by atoms with Crippen molar-refractivity contribution in [3.63, 3.8) is 0 Å². The van der Waals surface area contributed by atoms with Gasteiger partial charge in [0.05, 0.1) is 27.2 Å². The monoisotopic (exact) mass is 447 g/mol. The zero-order chi connectivity index (χ0) is 24.3. The van der Waals surface area contributed by atoms with Crippen molar-refractivity contribution in [1.82, 2.24) is 4.90 Å². The van der Waals surface area contributed by atoms with Crippen molar-refractivity contribution in [3.05, 3.63) is 53.0 Å². The Hall–Kier alpha value is -2.27. The Morgan fingerprint density at radius 3 is 2.58 bits per heavy atom. The van der Waals surface area contributed by atoms with Gasteiger partial charge in [-0.05, 0) is 61.6 Å². The Morgan fingerprint density at radius 1 is 1.30 bits per heavy atom. The fourth-order valence-corrected chi connectivity index (χ4v) is 5.86. The number of nitrogens with zero attached hydrogens (tertiary/aromatic N) is 2. The summed E-state index contributed by atoms with van der Waals surface area (Å²) in [7, 11) is 10.7. The van der Waals surface area contributed by atoms with Crippen molar-refractivity contribution < 1.29 is 14.0 Å². The highest BCUT2D eigenvalue weighted by molar-refractivity contribution is 6.26. The van der Waals surface area contributed by atoms with Crippen molar-refractivity contribution in [1.29, 1.82) is 0 Å².